The second-order valence-corrected chi connectivity index (χ2v) is 12.7. The van der Waals surface area contributed by atoms with Crippen LogP contribution in [0, 0.1) is 13.8 Å². The fourth-order valence-electron chi connectivity index (χ4n) is 7.38. The molecular weight excluding hydrogens is 594 g/mol. The fourth-order valence-corrected chi connectivity index (χ4v) is 7.38. The van der Waals surface area contributed by atoms with Crippen LogP contribution < -0.4 is 20.1 Å². The van der Waals surface area contributed by atoms with E-state index in [-0.39, 0.29) is 6.17 Å². The molecule has 0 saturated carbocycles. The van der Waals surface area contributed by atoms with Crippen molar-refractivity contribution < 1.29 is 9.47 Å². The number of fused-ring (bicyclic) bond motifs is 10. The molecule has 0 fully saturated rings. The van der Waals surface area contributed by atoms with Crippen LogP contribution in [0.5, 0.6) is 11.5 Å². The minimum atomic E-state index is -0.234. The number of pyridine rings is 2. The molecule has 48 heavy (non-hydrogen) atoms. The van der Waals surface area contributed by atoms with Crippen molar-refractivity contribution in [3.8, 4) is 34.0 Å². The Morgan fingerprint density at radius 1 is 0.625 bits per heavy atom. The predicted molar refractivity (Wildman–Crippen MR) is 196 cm³/mol. The number of hydrogen-bond donors (Lipinski definition) is 2. The van der Waals surface area contributed by atoms with Gasteiger partial charge in [-0.1, -0.05) is 48.5 Å². The lowest BCUT2D eigenvalue weighted by Crippen LogP contribution is -2.14. The number of ether oxygens (including phenoxy) is 2. The summed E-state index contributed by atoms with van der Waals surface area (Å²) in [6.45, 7) is 6.28. The summed E-state index contributed by atoms with van der Waals surface area (Å²) in [6.07, 6.45) is -0.234. The van der Waals surface area contributed by atoms with Gasteiger partial charge in [0.05, 0.1) is 53.7 Å². The van der Waals surface area contributed by atoms with E-state index in [1.165, 1.54) is 0 Å². The lowest BCUT2D eigenvalue weighted by molar-refractivity contribution is 0.410. The van der Waals surface area contributed by atoms with Gasteiger partial charge in [-0.3, -0.25) is 4.99 Å². The van der Waals surface area contributed by atoms with E-state index in [0.29, 0.717) is 0 Å². The van der Waals surface area contributed by atoms with Crippen LogP contribution in [0.2, 0.25) is 0 Å². The molecule has 2 N–H and O–H groups in total. The van der Waals surface area contributed by atoms with E-state index in [4.69, 9.17) is 24.4 Å². The lowest BCUT2D eigenvalue weighted by Gasteiger charge is -2.20. The standard InChI is InChI=1S/C41H33N5O2/c1-21-19-29-32-17-15-26-12-11-25-14-16-31(43-36(25)37(26)44-32)28-8-6-7-27(39(28)47-4)23(3)42-35-22(2)9-10-24-13-18-33-38(34(24)35)46-41(45-33)30(20-21)40(29)48-5/h6-20,41,45-46H,1-5H3. The average Bonchev–Trinajstić information content (AvgIpc) is 3.55. The number of benzene rings is 5. The van der Waals surface area contributed by atoms with Crippen LogP contribution in [-0.4, -0.2) is 29.9 Å². The van der Waals surface area contributed by atoms with Crippen molar-refractivity contribution in [3.63, 3.8) is 0 Å². The molecule has 5 aromatic carbocycles. The number of aromatic nitrogens is 2. The van der Waals surface area contributed by atoms with E-state index in [0.717, 1.165) is 112 Å². The first-order valence-electron chi connectivity index (χ1n) is 16.1. The van der Waals surface area contributed by atoms with Gasteiger partial charge in [0.15, 0.2) is 0 Å². The van der Waals surface area contributed by atoms with Crippen molar-refractivity contribution in [2.75, 3.05) is 24.9 Å². The molecule has 234 valence electrons. The van der Waals surface area contributed by atoms with E-state index in [9.17, 15) is 0 Å². The Bertz CT molecular complexity index is 2540. The van der Waals surface area contributed by atoms with Gasteiger partial charge in [-0.25, -0.2) is 9.97 Å². The molecule has 2 aromatic heterocycles. The summed E-state index contributed by atoms with van der Waals surface area (Å²) in [5.74, 6) is 1.50. The number of aliphatic imine (C=N–C) groups is 1. The summed E-state index contributed by atoms with van der Waals surface area (Å²) in [7, 11) is 3.44. The first-order valence-corrected chi connectivity index (χ1v) is 16.1. The highest BCUT2D eigenvalue weighted by atomic mass is 16.5. The smallest absolute Gasteiger partial charge is 0.137 e. The molecule has 7 aromatic rings. The largest absolute Gasteiger partial charge is 0.496 e. The molecule has 1 atom stereocenters. The Morgan fingerprint density at radius 3 is 2.00 bits per heavy atom. The molecule has 9 rings (SSSR count). The number of methoxy groups -OCH3 is 2. The molecule has 1 unspecified atom stereocenters. The first-order chi connectivity index (χ1) is 23.4. The highest BCUT2D eigenvalue weighted by Gasteiger charge is 2.29. The molecular formula is C41H33N5O2. The molecule has 4 heterocycles. The average molecular weight is 628 g/mol. The highest BCUT2D eigenvalue weighted by molar-refractivity contribution is 6.12. The molecule has 0 aliphatic carbocycles. The second-order valence-electron chi connectivity index (χ2n) is 12.7. The summed E-state index contributed by atoms with van der Waals surface area (Å²) in [5, 5.41) is 11.8. The van der Waals surface area contributed by atoms with Gasteiger partial charge >= 0.3 is 0 Å². The van der Waals surface area contributed by atoms with Crippen molar-refractivity contribution in [2.24, 2.45) is 4.99 Å². The lowest BCUT2D eigenvalue weighted by atomic mass is 9.99. The highest BCUT2D eigenvalue weighted by Crippen LogP contribution is 2.48. The number of hydrogen-bond acceptors (Lipinski definition) is 7. The SMILES string of the molecule is COc1c2cccc1-c1ccc3ccc4ccc(nc4c3n1)-c1cc(C)cc(c1OC)C1Nc3ccc4ccc(C)c(c4c3N1)N=C2C. The van der Waals surface area contributed by atoms with Gasteiger partial charge in [0.2, 0.25) is 0 Å². The maximum Gasteiger partial charge on any atom is 0.137 e. The van der Waals surface area contributed by atoms with Crippen LogP contribution in [0.15, 0.2) is 96.0 Å². The molecule has 0 saturated heterocycles. The third-order valence-electron chi connectivity index (χ3n) is 9.69. The van der Waals surface area contributed by atoms with Gasteiger partial charge in [-0.05, 0) is 79.7 Å². The molecule has 2 aliphatic rings. The van der Waals surface area contributed by atoms with E-state index in [1.54, 1.807) is 14.2 Å². The van der Waals surface area contributed by atoms with Gasteiger partial charge in [0, 0.05) is 44.1 Å². The minimum Gasteiger partial charge on any atom is -0.496 e. The number of nitrogens with one attached hydrogen (secondary N) is 2. The number of anilines is 2. The van der Waals surface area contributed by atoms with E-state index in [2.05, 4.69) is 109 Å². The number of nitrogens with zero attached hydrogens (tertiary/aromatic N) is 3. The molecule has 0 amide bonds. The molecule has 7 nitrogen and oxygen atoms in total. The van der Waals surface area contributed by atoms with E-state index >= 15 is 0 Å². The third kappa shape index (κ3) is 4.17. The Balaban J connectivity index is 1.41. The quantitative estimate of drug-likeness (QED) is 0.186. The second kappa shape index (κ2) is 10.5. The molecule has 0 spiro atoms. The zero-order chi connectivity index (χ0) is 32.7. The van der Waals surface area contributed by atoms with Crippen LogP contribution in [0.25, 0.3) is 55.1 Å². The third-order valence-corrected chi connectivity index (χ3v) is 9.69. The van der Waals surface area contributed by atoms with Crippen LogP contribution in [0.3, 0.4) is 0 Å². The zero-order valence-electron chi connectivity index (χ0n) is 27.4. The van der Waals surface area contributed by atoms with Crippen molar-refractivity contribution in [2.45, 2.75) is 26.9 Å². The van der Waals surface area contributed by atoms with Crippen LogP contribution in [-0.2, 0) is 0 Å². The minimum absolute atomic E-state index is 0.234. The summed E-state index contributed by atoms with van der Waals surface area (Å²) in [6, 6.07) is 31.7. The Morgan fingerprint density at radius 2 is 1.27 bits per heavy atom. The monoisotopic (exact) mass is 627 g/mol. The maximum atomic E-state index is 6.20. The number of para-hydroxylation sites is 1. The summed E-state index contributed by atoms with van der Waals surface area (Å²) in [4.78, 5) is 15.9. The van der Waals surface area contributed by atoms with Gasteiger partial charge < -0.3 is 20.1 Å². The zero-order valence-corrected chi connectivity index (χ0v) is 27.4. The van der Waals surface area contributed by atoms with Crippen LogP contribution in [0.4, 0.5) is 17.1 Å². The van der Waals surface area contributed by atoms with Crippen molar-refractivity contribution >= 4 is 55.4 Å². The Kier molecular flexibility index (Phi) is 6.21. The summed E-state index contributed by atoms with van der Waals surface area (Å²) >= 11 is 0. The summed E-state index contributed by atoms with van der Waals surface area (Å²) < 4.78 is 12.3. The first kappa shape index (κ1) is 28.3. The van der Waals surface area contributed by atoms with Gasteiger partial charge in [0.25, 0.3) is 0 Å². The van der Waals surface area contributed by atoms with E-state index < -0.39 is 0 Å². The molecule has 7 heteroatoms. The number of rotatable bonds is 2. The van der Waals surface area contributed by atoms with Crippen LogP contribution >= 0.6 is 0 Å². The predicted octanol–water partition coefficient (Wildman–Crippen LogP) is 9.89. The van der Waals surface area contributed by atoms with Gasteiger partial charge in [0.1, 0.15) is 17.7 Å². The van der Waals surface area contributed by atoms with Gasteiger partial charge in [-0.15, -0.1) is 0 Å². The Labute approximate surface area is 278 Å². The normalized spacial score (nSPS) is 14.6. The van der Waals surface area contributed by atoms with Crippen molar-refractivity contribution in [1.82, 2.24) is 9.97 Å². The maximum absolute atomic E-state index is 6.20. The van der Waals surface area contributed by atoms with E-state index in [1.807, 2.05) is 13.0 Å². The topological polar surface area (TPSA) is 80.7 Å². The van der Waals surface area contributed by atoms with Crippen LogP contribution in [0.1, 0.15) is 35.3 Å². The molecule has 2 aliphatic heterocycles. The number of aryl methyl sites for hydroxylation is 2. The Hall–Kier alpha value is -5.95. The molecule has 10 bridgehead atoms. The van der Waals surface area contributed by atoms with Gasteiger partial charge in [-0.2, -0.15) is 0 Å². The fraction of sp³-hybridized carbons (Fsp3) is 0.146. The summed E-state index contributed by atoms with van der Waals surface area (Å²) in [5.41, 5.74) is 13.0. The van der Waals surface area contributed by atoms with Crippen molar-refractivity contribution in [3.05, 3.63) is 113 Å². The van der Waals surface area contributed by atoms with Crippen molar-refractivity contribution in [1.29, 1.82) is 0 Å². The molecule has 0 radical (unpaired) electrons.